The van der Waals surface area contributed by atoms with Gasteiger partial charge in [0.2, 0.25) is 0 Å². The lowest BCUT2D eigenvalue weighted by atomic mass is 10.1. The number of nitrogens with zero attached hydrogens (tertiary/aromatic N) is 2. The number of piperidine rings is 1. The lowest BCUT2D eigenvalue weighted by Gasteiger charge is -2.29. The molecule has 1 aliphatic heterocycles. The second-order valence-electron chi connectivity index (χ2n) is 3.88. The monoisotopic (exact) mass is 302 g/mol. The Bertz CT molecular complexity index is 399. The van der Waals surface area contributed by atoms with Gasteiger partial charge in [-0.05, 0) is 34.8 Å². The van der Waals surface area contributed by atoms with Crippen LogP contribution in [0.5, 0.6) is 0 Å². The maximum absolute atomic E-state index is 12.1. The summed E-state index contributed by atoms with van der Waals surface area (Å²) in [6, 6.07) is 1.78. The summed E-state index contributed by atoms with van der Waals surface area (Å²) in [5.74, 6) is 0.0131. The minimum absolute atomic E-state index is 0.0131. The maximum Gasteiger partial charge on any atom is 0.255 e. The topological polar surface area (TPSA) is 33.2 Å². The molecule has 1 saturated heterocycles. The van der Waals surface area contributed by atoms with Crippen LogP contribution in [0.1, 0.15) is 23.2 Å². The fourth-order valence-electron chi connectivity index (χ4n) is 1.82. The van der Waals surface area contributed by atoms with E-state index < -0.39 is 0 Å². The van der Waals surface area contributed by atoms with Crippen LogP contribution >= 0.6 is 27.5 Å². The van der Waals surface area contributed by atoms with Gasteiger partial charge in [-0.2, -0.15) is 0 Å². The van der Waals surface area contributed by atoms with E-state index in [1.54, 1.807) is 23.4 Å². The van der Waals surface area contributed by atoms with E-state index in [1.807, 2.05) is 0 Å². The van der Waals surface area contributed by atoms with E-state index in [0.717, 1.165) is 23.9 Å². The fourth-order valence-corrected chi connectivity index (χ4v) is 2.51. The minimum Gasteiger partial charge on any atom is -0.337 e. The van der Waals surface area contributed by atoms with Crippen molar-refractivity contribution in [3.8, 4) is 0 Å². The highest BCUT2D eigenvalue weighted by atomic mass is 79.9. The van der Waals surface area contributed by atoms with Gasteiger partial charge >= 0.3 is 0 Å². The van der Waals surface area contributed by atoms with Crippen LogP contribution in [0.3, 0.4) is 0 Å². The van der Waals surface area contributed by atoms with Gasteiger partial charge in [0.1, 0.15) is 0 Å². The van der Waals surface area contributed by atoms with Crippen molar-refractivity contribution in [2.75, 3.05) is 13.1 Å². The maximum atomic E-state index is 12.1. The van der Waals surface area contributed by atoms with Crippen molar-refractivity contribution in [1.29, 1.82) is 0 Å². The molecule has 16 heavy (non-hydrogen) atoms. The number of hydrogen-bond donors (Lipinski definition) is 0. The zero-order valence-corrected chi connectivity index (χ0v) is 11.0. The highest BCUT2D eigenvalue weighted by Gasteiger charge is 2.23. The largest absolute Gasteiger partial charge is 0.337 e. The summed E-state index contributed by atoms with van der Waals surface area (Å²) in [4.78, 5) is 17.9. The molecule has 1 fully saturated rings. The molecule has 0 aliphatic carbocycles. The fraction of sp³-hybridized carbons (Fsp3) is 0.455. The first-order valence-corrected chi connectivity index (χ1v) is 6.43. The Labute approximate surface area is 108 Å². The van der Waals surface area contributed by atoms with Crippen molar-refractivity contribution in [2.45, 2.75) is 18.2 Å². The molecule has 0 bridgehead atoms. The van der Waals surface area contributed by atoms with Crippen LogP contribution in [0.25, 0.3) is 0 Å². The Morgan fingerprint density at radius 2 is 2.38 bits per heavy atom. The number of rotatable bonds is 1. The van der Waals surface area contributed by atoms with Gasteiger partial charge in [-0.15, -0.1) is 11.6 Å². The molecule has 0 N–H and O–H groups in total. The van der Waals surface area contributed by atoms with Crippen LogP contribution in [-0.4, -0.2) is 34.3 Å². The van der Waals surface area contributed by atoms with E-state index in [2.05, 4.69) is 20.9 Å². The molecule has 5 heteroatoms. The Balaban J connectivity index is 2.12. The highest BCUT2D eigenvalue weighted by molar-refractivity contribution is 9.10. The first-order valence-electron chi connectivity index (χ1n) is 5.20. The second kappa shape index (κ2) is 5.15. The lowest BCUT2D eigenvalue weighted by molar-refractivity contribution is 0.0726. The molecular weight excluding hydrogens is 291 g/mol. The van der Waals surface area contributed by atoms with Crippen LogP contribution in [0, 0.1) is 0 Å². The lowest BCUT2D eigenvalue weighted by Crippen LogP contribution is -2.40. The van der Waals surface area contributed by atoms with Crippen molar-refractivity contribution in [3.05, 3.63) is 28.5 Å². The van der Waals surface area contributed by atoms with Crippen molar-refractivity contribution in [1.82, 2.24) is 9.88 Å². The molecule has 0 aromatic carbocycles. The number of hydrogen-bond acceptors (Lipinski definition) is 2. The number of alkyl halides is 1. The predicted octanol–water partition coefficient (Wildman–Crippen LogP) is 2.69. The molecule has 1 atom stereocenters. The summed E-state index contributed by atoms with van der Waals surface area (Å²) in [6.45, 7) is 1.42. The quantitative estimate of drug-likeness (QED) is 0.747. The molecular formula is C11H12BrClN2O. The van der Waals surface area contributed by atoms with Crippen molar-refractivity contribution in [2.24, 2.45) is 0 Å². The molecule has 1 aliphatic rings. The number of carbonyl (C=O) groups excluding carboxylic acids is 1. The van der Waals surface area contributed by atoms with E-state index in [1.165, 1.54) is 0 Å². The molecule has 0 radical (unpaired) electrons. The van der Waals surface area contributed by atoms with Crippen LogP contribution in [0.4, 0.5) is 0 Å². The summed E-state index contributed by atoms with van der Waals surface area (Å²) >= 11 is 9.36. The standard InChI is InChI=1S/C11H12BrClN2O/c12-9-4-8(5-14-6-9)11(16)15-3-1-2-10(13)7-15/h4-6,10H,1-3,7H2. The van der Waals surface area contributed by atoms with E-state index in [9.17, 15) is 4.79 Å². The zero-order chi connectivity index (χ0) is 11.5. The van der Waals surface area contributed by atoms with Gasteiger partial charge in [-0.3, -0.25) is 9.78 Å². The van der Waals surface area contributed by atoms with E-state index in [0.29, 0.717) is 12.1 Å². The Morgan fingerprint density at radius 3 is 3.06 bits per heavy atom. The van der Waals surface area contributed by atoms with Gasteiger partial charge in [0, 0.05) is 30.0 Å². The first kappa shape index (κ1) is 11.9. The van der Waals surface area contributed by atoms with Gasteiger partial charge in [-0.25, -0.2) is 0 Å². The summed E-state index contributed by atoms with van der Waals surface area (Å²) in [5, 5.41) is 0.0813. The molecule has 2 rings (SSSR count). The van der Waals surface area contributed by atoms with Crippen LogP contribution in [-0.2, 0) is 0 Å². The Kier molecular flexibility index (Phi) is 3.82. The summed E-state index contributed by atoms with van der Waals surface area (Å²) in [5.41, 5.74) is 0.611. The third-order valence-electron chi connectivity index (χ3n) is 2.60. The normalized spacial score (nSPS) is 20.9. The van der Waals surface area contributed by atoms with Crippen molar-refractivity contribution >= 4 is 33.4 Å². The van der Waals surface area contributed by atoms with Gasteiger partial charge in [0.05, 0.1) is 10.9 Å². The van der Waals surface area contributed by atoms with Gasteiger partial charge in [0.15, 0.2) is 0 Å². The second-order valence-corrected chi connectivity index (χ2v) is 5.42. The van der Waals surface area contributed by atoms with Crippen molar-refractivity contribution < 1.29 is 4.79 Å². The SMILES string of the molecule is O=C(c1cncc(Br)c1)N1CCCC(Cl)C1. The molecule has 3 nitrogen and oxygen atoms in total. The van der Waals surface area contributed by atoms with Gasteiger partial charge in [0.25, 0.3) is 5.91 Å². The third-order valence-corrected chi connectivity index (χ3v) is 3.39. The van der Waals surface area contributed by atoms with Gasteiger partial charge < -0.3 is 4.90 Å². The van der Waals surface area contributed by atoms with E-state index in [-0.39, 0.29) is 11.3 Å². The smallest absolute Gasteiger partial charge is 0.255 e. The molecule has 1 aromatic heterocycles. The molecule has 1 amide bonds. The molecule has 0 saturated carbocycles. The number of amides is 1. The first-order chi connectivity index (χ1) is 7.66. The van der Waals surface area contributed by atoms with Crippen LogP contribution in [0.15, 0.2) is 22.9 Å². The van der Waals surface area contributed by atoms with Crippen LogP contribution < -0.4 is 0 Å². The molecule has 86 valence electrons. The average Bonchev–Trinajstić information content (AvgIpc) is 2.28. The number of likely N-dealkylation sites (tertiary alicyclic amines) is 1. The van der Waals surface area contributed by atoms with Crippen molar-refractivity contribution in [3.63, 3.8) is 0 Å². The zero-order valence-electron chi connectivity index (χ0n) is 8.70. The number of halogens is 2. The Hall–Kier alpha value is -0.610. The molecule has 0 spiro atoms. The Morgan fingerprint density at radius 1 is 1.56 bits per heavy atom. The third kappa shape index (κ3) is 2.74. The number of pyridine rings is 1. The summed E-state index contributed by atoms with van der Waals surface area (Å²) in [7, 11) is 0. The molecule has 2 heterocycles. The summed E-state index contributed by atoms with van der Waals surface area (Å²) in [6.07, 6.45) is 5.21. The minimum atomic E-state index is 0.0131. The average molecular weight is 304 g/mol. The summed E-state index contributed by atoms with van der Waals surface area (Å²) < 4.78 is 0.817. The van der Waals surface area contributed by atoms with E-state index >= 15 is 0 Å². The van der Waals surface area contributed by atoms with Gasteiger partial charge in [-0.1, -0.05) is 0 Å². The number of carbonyl (C=O) groups is 1. The van der Waals surface area contributed by atoms with Crippen LogP contribution in [0.2, 0.25) is 0 Å². The number of aromatic nitrogens is 1. The highest BCUT2D eigenvalue weighted by Crippen LogP contribution is 2.18. The molecule has 1 aromatic rings. The van der Waals surface area contributed by atoms with E-state index in [4.69, 9.17) is 11.6 Å². The molecule has 1 unspecified atom stereocenters. The predicted molar refractivity (Wildman–Crippen MR) is 66.7 cm³/mol.